The zero-order valence-corrected chi connectivity index (χ0v) is 18.4. The first-order chi connectivity index (χ1) is 15.1. The maximum absolute atomic E-state index is 13.2. The van der Waals surface area contributed by atoms with E-state index in [0.717, 1.165) is 25.7 Å². The van der Waals surface area contributed by atoms with Gasteiger partial charge in [0, 0.05) is 29.9 Å². The van der Waals surface area contributed by atoms with E-state index >= 15 is 0 Å². The van der Waals surface area contributed by atoms with Crippen LogP contribution in [0.2, 0.25) is 0 Å². The number of aromatic nitrogens is 2. The summed E-state index contributed by atoms with van der Waals surface area (Å²) in [5, 5.41) is 4.08. The molecule has 1 aromatic heterocycles. The second kappa shape index (κ2) is 9.43. The number of rotatable bonds is 7. The lowest BCUT2D eigenvalue weighted by molar-refractivity contribution is -0.113. The molecule has 1 N–H and O–H groups in total. The van der Waals surface area contributed by atoms with Crippen LogP contribution in [0.25, 0.3) is 10.9 Å². The van der Waals surface area contributed by atoms with Crippen molar-refractivity contribution >= 4 is 34.3 Å². The lowest BCUT2D eigenvalue weighted by Crippen LogP contribution is -2.27. The van der Waals surface area contributed by atoms with E-state index in [1.165, 1.54) is 11.8 Å². The first kappa shape index (κ1) is 21.2. The number of nitrogens with zero attached hydrogens (tertiary/aromatic N) is 2. The number of carbonyl (C=O) groups excluding carboxylic acids is 1. The van der Waals surface area contributed by atoms with Gasteiger partial charge in [-0.05, 0) is 25.0 Å². The quantitative estimate of drug-likeness (QED) is 0.438. The summed E-state index contributed by atoms with van der Waals surface area (Å²) in [7, 11) is 3.12. The van der Waals surface area contributed by atoms with Crippen molar-refractivity contribution in [2.75, 3.05) is 25.3 Å². The van der Waals surface area contributed by atoms with Gasteiger partial charge >= 0.3 is 0 Å². The molecule has 3 aromatic rings. The highest BCUT2D eigenvalue weighted by Crippen LogP contribution is 2.32. The van der Waals surface area contributed by atoms with E-state index in [1.54, 1.807) is 37.0 Å². The van der Waals surface area contributed by atoms with Gasteiger partial charge in [0.1, 0.15) is 11.5 Å². The minimum Gasteiger partial charge on any atom is -0.497 e. The Bertz CT molecular complexity index is 1130. The van der Waals surface area contributed by atoms with E-state index in [-0.39, 0.29) is 23.3 Å². The van der Waals surface area contributed by atoms with Gasteiger partial charge in [0.15, 0.2) is 5.16 Å². The summed E-state index contributed by atoms with van der Waals surface area (Å²) in [6.45, 7) is 0. The van der Waals surface area contributed by atoms with Gasteiger partial charge in [-0.1, -0.05) is 36.7 Å². The molecular formula is C23H25N3O4S. The number of hydrogen-bond donors (Lipinski definition) is 1. The number of fused-ring (bicyclic) bond motifs is 1. The fourth-order valence-electron chi connectivity index (χ4n) is 3.92. The zero-order chi connectivity index (χ0) is 21.8. The Morgan fingerprint density at radius 1 is 1.13 bits per heavy atom. The van der Waals surface area contributed by atoms with Crippen molar-refractivity contribution in [3.05, 3.63) is 52.8 Å². The molecule has 2 aromatic carbocycles. The molecule has 0 bridgehead atoms. The molecule has 1 aliphatic rings. The van der Waals surface area contributed by atoms with Crippen LogP contribution in [0.4, 0.5) is 5.69 Å². The van der Waals surface area contributed by atoms with Gasteiger partial charge < -0.3 is 14.8 Å². The Morgan fingerprint density at radius 3 is 2.48 bits per heavy atom. The van der Waals surface area contributed by atoms with Crippen LogP contribution in [-0.2, 0) is 4.79 Å². The molecule has 0 atom stereocenters. The van der Waals surface area contributed by atoms with Crippen LogP contribution in [0.5, 0.6) is 11.5 Å². The van der Waals surface area contributed by atoms with E-state index in [0.29, 0.717) is 33.2 Å². The Hall–Kier alpha value is -3.00. The molecule has 1 fully saturated rings. The number of anilines is 1. The lowest BCUT2D eigenvalue weighted by atomic mass is 10.2. The molecule has 0 saturated heterocycles. The molecule has 162 valence electrons. The third kappa shape index (κ3) is 4.69. The number of nitrogens with one attached hydrogen (secondary N) is 1. The summed E-state index contributed by atoms with van der Waals surface area (Å²) >= 11 is 1.29. The highest BCUT2D eigenvalue weighted by Gasteiger charge is 2.23. The largest absolute Gasteiger partial charge is 0.497 e. The van der Waals surface area contributed by atoms with Crippen molar-refractivity contribution in [2.45, 2.75) is 36.9 Å². The lowest BCUT2D eigenvalue weighted by Gasteiger charge is -2.18. The van der Waals surface area contributed by atoms with Crippen molar-refractivity contribution in [3.63, 3.8) is 0 Å². The minimum atomic E-state index is -0.194. The topological polar surface area (TPSA) is 82.5 Å². The van der Waals surface area contributed by atoms with Crippen LogP contribution in [0.3, 0.4) is 0 Å². The van der Waals surface area contributed by atoms with Gasteiger partial charge in [0.05, 0.1) is 30.9 Å². The van der Waals surface area contributed by atoms with Gasteiger partial charge in [0.25, 0.3) is 5.56 Å². The van der Waals surface area contributed by atoms with E-state index < -0.39 is 0 Å². The van der Waals surface area contributed by atoms with Crippen LogP contribution < -0.4 is 20.3 Å². The summed E-state index contributed by atoms with van der Waals surface area (Å²) < 4.78 is 12.3. The number of hydrogen-bond acceptors (Lipinski definition) is 6. The van der Waals surface area contributed by atoms with Crippen LogP contribution in [0.15, 0.2) is 52.4 Å². The summed E-state index contributed by atoms with van der Waals surface area (Å²) in [6, 6.07) is 12.7. The monoisotopic (exact) mass is 439 g/mol. The van der Waals surface area contributed by atoms with E-state index in [9.17, 15) is 9.59 Å². The number of benzene rings is 2. The molecule has 1 aliphatic carbocycles. The Morgan fingerprint density at radius 2 is 1.81 bits per heavy atom. The van der Waals surface area contributed by atoms with Crippen molar-refractivity contribution in [2.24, 2.45) is 0 Å². The average molecular weight is 440 g/mol. The Kier molecular flexibility index (Phi) is 6.46. The predicted octanol–water partition coefficient (Wildman–Crippen LogP) is 4.26. The highest BCUT2D eigenvalue weighted by molar-refractivity contribution is 7.99. The van der Waals surface area contributed by atoms with E-state index in [1.807, 2.05) is 24.3 Å². The van der Waals surface area contributed by atoms with Gasteiger partial charge in [-0.3, -0.25) is 14.2 Å². The maximum atomic E-state index is 13.2. The smallest absolute Gasteiger partial charge is 0.262 e. The number of amides is 1. The fourth-order valence-corrected chi connectivity index (χ4v) is 4.78. The number of thioether (sulfide) groups is 1. The molecule has 0 spiro atoms. The second-order valence-electron chi connectivity index (χ2n) is 7.46. The van der Waals surface area contributed by atoms with Crippen LogP contribution in [0, 0.1) is 0 Å². The van der Waals surface area contributed by atoms with E-state index in [4.69, 9.17) is 14.5 Å². The number of methoxy groups -OCH3 is 2. The Balaban J connectivity index is 1.56. The predicted molar refractivity (Wildman–Crippen MR) is 122 cm³/mol. The van der Waals surface area contributed by atoms with Crippen molar-refractivity contribution in [3.8, 4) is 11.5 Å². The average Bonchev–Trinajstić information content (AvgIpc) is 3.31. The van der Waals surface area contributed by atoms with Crippen LogP contribution in [-0.4, -0.2) is 35.4 Å². The first-order valence-corrected chi connectivity index (χ1v) is 11.2. The van der Waals surface area contributed by atoms with E-state index in [2.05, 4.69) is 5.32 Å². The number of para-hydroxylation sites is 1. The van der Waals surface area contributed by atoms with Crippen molar-refractivity contribution in [1.29, 1.82) is 0 Å². The molecule has 0 radical (unpaired) electrons. The highest BCUT2D eigenvalue weighted by atomic mass is 32.2. The summed E-state index contributed by atoms with van der Waals surface area (Å²) in [5.74, 6) is 1.12. The van der Waals surface area contributed by atoms with Crippen LogP contribution >= 0.6 is 11.8 Å². The minimum absolute atomic E-state index is 0.0297. The van der Waals surface area contributed by atoms with Gasteiger partial charge in [-0.15, -0.1) is 0 Å². The molecule has 0 unspecified atom stereocenters. The second-order valence-corrected chi connectivity index (χ2v) is 8.41. The summed E-state index contributed by atoms with van der Waals surface area (Å²) in [6.07, 6.45) is 4.13. The molecule has 1 heterocycles. The molecule has 1 amide bonds. The molecule has 31 heavy (non-hydrogen) atoms. The molecule has 0 aliphatic heterocycles. The summed E-state index contributed by atoms with van der Waals surface area (Å²) in [4.78, 5) is 30.6. The van der Waals surface area contributed by atoms with Gasteiger partial charge in [-0.25, -0.2) is 4.98 Å². The zero-order valence-electron chi connectivity index (χ0n) is 17.6. The van der Waals surface area contributed by atoms with Crippen molar-refractivity contribution in [1.82, 2.24) is 9.55 Å². The molecular weight excluding hydrogens is 414 g/mol. The number of carbonyl (C=O) groups is 1. The normalized spacial score (nSPS) is 14.0. The SMILES string of the molecule is COc1cc(NC(=O)CSc2nc3ccccc3c(=O)n2C2CCCC2)cc(OC)c1. The molecule has 8 heteroatoms. The maximum Gasteiger partial charge on any atom is 0.262 e. The molecule has 7 nitrogen and oxygen atoms in total. The van der Waals surface area contributed by atoms with Crippen molar-refractivity contribution < 1.29 is 14.3 Å². The standard InChI is InChI=1S/C23H25N3O4S/c1-29-17-11-15(12-18(13-17)30-2)24-21(27)14-31-23-25-20-10-6-5-9-19(20)22(28)26(23)16-7-3-4-8-16/h5-6,9-13,16H,3-4,7-8,14H2,1-2H3,(H,24,27). The Labute approximate surface area is 184 Å². The first-order valence-electron chi connectivity index (χ1n) is 10.3. The fraction of sp³-hybridized carbons (Fsp3) is 0.348. The third-order valence-electron chi connectivity index (χ3n) is 5.43. The van der Waals surface area contributed by atoms with Crippen LogP contribution in [0.1, 0.15) is 31.7 Å². The van der Waals surface area contributed by atoms with Gasteiger partial charge in [0.2, 0.25) is 5.91 Å². The molecule has 4 rings (SSSR count). The molecule has 1 saturated carbocycles. The summed E-state index contributed by atoms with van der Waals surface area (Å²) in [5.41, 5.74) is 1.21. The number of ether oxygens (including phenoxy) is 2. The third-order valence-corrected chi connectivity index (χ3v) is 6.39. The van der Waals surface area contributed by atoms with Gasteiger partial charge in [-0.2, -0.15) is 0 Å².